The molecule has 3 rings (SSSR count). The Morgan fingerprint density at radius 2 is 2.37 bits per heavy atom. The van der Waals surface area contributed by atoms with Crippen LogP contribution in [0.15, 0.2) is 12.3 Å². The van der Waals surface area contributed by atoms with Crippen LogP contribution in [0.4, 0.5) is 5.95 Å². The van der Waals surface area contributed by atoms with E-state index in [0.29, 0.717) is 5.95 Å². The lowest BCUT2D eigenvalue weighted by Gasteiger charge is -2.50. The van der Waals surface area contributed by atoms with E-state index in [1.54, 1.807) is 0 Å². The van der Waals surface area contributed by atoms with E-state index in [0.717, 1.165) is 32.5 Å². The Balaban J connectivity index is 1.76. The smallest absolute Gasteiger partial charge is 0.354 e. The van der Waals surface area contributed by atoms with Crippen LogP contribution in [0.5, 0.6) is 0 Å². The second-order valence-electron chi connectivity index (χ2n) is 5.32. The van der Waals surface area contributed by atoms with Crippen LogP contribution in [0, 0.1) is 5.41 Å². The maximum absolute atomic E-state index is 10.9. The fraction of sp³-hybridized carbons (Fsp3) is 0.615. The average Bonchev–Trinajstić information content (AvgIpc) is 2.38. The second-order valence-corrected chi connectivity index (χ2v) is 5.32. The van der Waals surface area contributed by atoms with Crippen molar-refractivity contribution in [3.8, 4) is 0 Å². The van der Waals surface area contributed by atoms with Gasteiger partial charge in [0.15, 0.2) is 5.69 Å². The summed E-state index contributed by atoms with van der Waals surface area (Å²) >= 11 is 0. The molecule has 1 aromatic heterocycles. The molecule has 1 aromatic rings. The number of aromatic nitrogens is 2. The number of ether oxygens (including phenoxy) is 1. The highest BCUT2D eigenvalue weighted by atomic mass is 16.5. The van der Waals surface area contributed by atoms with Gasteiger partial charge in [0.25, 0.3) is 0 Å². The van der Waals surface area contributed by atoms with E-state index in [2.05, 4.69) is 15.3 Å². The fourth-order valence-electron chi connectivity index (χ4n) is 2.94. The molecule has 6 heteroatoms. The van der Waals surface area contributed by atoms with Gasteiger partial charge < -0.3 is 15.2 Å². The molecule has 0 aromatic carbocycles. The molecule has 1 saturated heterocycles. The maximum Gasteiger partial charge on any atom is 0.354 e. The molecule has 102 valence electrons. The quantitative estimate of drug-likeness (QED) is 0.860. The molecular weight excluding hydrogens is 246 g/mol. The van der Waals surface area contributed by atoms with E-state index in [-0.39, 0.29) is 17.2 Å². The lowest BCUT2D eigenvalue weighted by molar-refractivity contribution is -0.0619. The van der Waals surface area contributed by atoms with Gasteiger partial charge in [-0.3, -0.25) is 0 Å². The summed E-state index contributed by atoms with van der Waals surface area (Å²) in [6, 6.07) is 1.68. The van der Waals surface area contributed by atoms with E-state index in [4.69, 9.17) is 9.84 Å². The fourth-order valence-corrected chi connectivity index (χ4v) is 2.94. The highest BCUT2D eigenvalue weighted by molar-refractivity contribution is 5.85. The first-order chi connectivity index (χ1) is 9.20. The van der Waals surface area contributed by atoms with Crippen molar-refractivity contribution in [3.05, 3.63) is 18.0 Å². The molecular formula is C13H17N3O3. The Morgan fingerprint density at radius 1 is 1.53 bits per heavy atom. The van der Waals surface area contributed by atoms with Crippen molar-refractivity contribution in [2.24, 2.45) is 5.41 Å². The molecule has 2 heterocycles. The Labute approximate surface area is 111 Å². The van der Waals surface area contributed by atoms with Crippen LogP contribution >= 0.6 is 0 Å². The third-order valence-corrected chi connectivity index (χ3v) is 4.21. The van der Waals surface area contributed by atoms with E-state index >= 15 is 0 Å². The Hall–Kier alpha value is -1.69. The highest BCUT2D eigenvalue weighted by Crippen LogP contribution is 2.47. The van der Waals surface area contributed by atoms with Gasteiger partial charge in [-0.05, 0) is 25.3 Å². The molecule has 1 aliphatic carbocycles. The van der Waals surface area contributed by atoms with E-state index < -0.39 is 5.97 Å². The standard InChI is InChI=1S/C13H17N3O3/c17-11(18)9-2-6-14-12(15-9)16-10-3-7-19-8-13(10)4-1-5-13/h2,6,10H,1,3-5,7-8H2,(H,17,18)(H,14,15,16). The number of carboxylic acid groups (broad SMARTS) is 1. The Kier molecular flexibility index (Phi) is 3.10. The Bertz CT molecular complexity index is 488. The molecule has 2 N–H and O–H groups in total. The van der Waals surface area contributed by atoms with Crippen LogP contribution in [-0.2, 0) is 4.74 Å². The SMILES string of the molecule is O=C(O)c1ccnc(NC2CCOCC23CCC3)n1. The van der Waals surface area contributed by atoms with Gasteiger partial charge in [0.05, 0.1) is 6.61 Å². The molecule has 1 saturated carbocycles. The molecule has 1 spiro atoms. The van der Waals surface area contributed by atoms with Crippen molar-refractivity contribution in [2.45, 2.75) is 31.7 Å². The first-order valence-corrected chi connectivity index (χ1v) is 6.60. The first-order valence-electron chi connectivity index (χ1n) is 6.60. The summed E-state index contributed by atoms with van der Waals surface area (Å²) in [7, 11) is 0. The van der Waals surface area contributed by atoms with Crippen molar-refractivity contribution in [1.29, 1.82) is 0 Å². The van der Waals surface area contributed by atoms with Gasteiger partial charge in [-0.2, -0.15) is 0 Å². The van der Waals surface area contributed by atoms with Gasteiger partial charge in [-0.15, -0.1) is 0 Å². The normalized spacial score (nSPS) is 24.7. The number of aromatic carboxylic acids is 1. The summed E-state index contributed by atoms with van der Waals surface area (Å²) in [4.78, 5) is 19.0. The molecule has 2 aliphatic rings. The minimum atomic E-state index is -1.03. The number of rotatable bonds is 3. The number of hydrogen-bond acceptors (Lipinski definition) is 5. The number of carbonyl (C=O) groups is 1. The molecule has 2 fully saturated rings. The molecule has 1 unspecified atom stereocenters. The van der Waals surface area contributed by atoms with Crippen molar-refractivity contribution < 1.29 is 14.6 Å². The number of hydrogen-bond donors (Lipinski definition) is 2. The third-order valence-electron chi connectivity index (χ3n) is 4.21. The summed E-state index contributed by atoms with van der Waals surface area (Å²) in [5.41, 5.74) is 0.216. The van der Waals surface area contributed by atoms with Crippen molar-refractivity contribution in [2.75, 3.05) is 18.5 Å². The van der Waals surface area contributed by atoms with Gasteiger partial charge in [0, 0.05) is 24.3 Å². The van der Waals surface area contributed by atoms with Crippen LogP contribution in [0.2, 0.25) is 0 Å². The lowest BCUT2D eigenvalue weighted by Crippen LogP contribution is -2.52. The third kappa shape index (κ3) is 2.28. The highest BCUT2D eigenvalue weighted by Gasteiger charge is 2.46. The predicted molar refractivity (Wildman–Crippen MR) is 68.1 cm³/mol. The molecule has 0 radical (unpaired) electrons. The average molecular weight is 263 g/mol. The summed E-state index contributed by atoms with van der Waals surface area (Å²) in [6.07, 6.45) is 5.94. The second kappa shape index (κ2) is 4.77. The number of carboxylic acids is 1. The zero-order chi connectivity index (χ0) is 13.3. The Morgan fingerprint density at radius 3 is 3.05 bits per heavy atom. The van der Waals surface area contributed by atoms with Gasteiger partial charge >= 0.3 is 5.97 Å². The van der Waals surface area contributed by atoms with Crippen LogP contribution in [-0.4, -0.2) is 40.3 Å². The first kappa shape index (κ1) is 12.3. The van der Waals surface area contributed by atoms with Gasteiger partial charge in [-0.25, -0.2) is 14.8 Å². The lowest BCUT2D eigenvalue weighted by atomic mass is 9.63. The number of nitrogens with zero attached hydrogens (tertiary/aromatic N) is 2. The minimum Gasteiger partial charge on any atom is -0.477 e. The zero-order valence-corrected chi connectivity index (χ0v) is 10.6. The molecule has 1 atom stereocenters. The van der Waals surface area contributed by atoms with Crippen molar-refractivity contribution in [3.63, 3.8) is 0 Å². The summed E-state index contributed by atoms with van der Waals surface area (Å²) < 4.78 is 5.58. The van der Waals surface area contributed by atoms with E-state index in [1.807, 2.05) is 0 Å². The topological polar surface area (TPSA) is 84.3 Å². The monoisotopic (exact) mass is 263 g/mol. The van der Waals surface area contributed by atoms with Gasteiger partial charge in [-0.1, -0.05) is 6.42 Å². The van der Waals surface area contributed by atoms with Crippen molar-refractivity contribution >= 4 is 11.9 Å². The van der Waals surface area contributed by atoms with Gasteiger partial charge in [0.1, 0.15) is 0 Å². The van der Waals surface area contributed by atoms with Gasteiger partial charge in [0.2, 0.25) is 5.95 Å². The summed E-state index contributed by atoms with van der Waals surface area (Å²) in [5, 5.41) is 12.2. The molecule has 1 aliphatic heterocycles. The number of anilines is 1. The minimum absolute atomic E-state index is 0.0206. The summed E-state index contributed by atoms with van der Waals surface area (Å²) in [5.74, 6) is -0.631. The molecule has 19 heavy (non-hydrogen) atoms. The van der Waals surface area contributed by atoms with E-state index in [1.165, 1.54) is 18.7 Å². The molecule has 0 amide bonds. The van der Waals surface area contributed by atoms with Crippen molar-refractivity contribution in [1.82, 2.24) is 9.97 Å². The molecule has 0 bridgehead atoms. The van der Waals surface area contributed by atoms with Crippen LogP contribution in [0.3, 0.4) is 0 Å². The van der Waals surface area contributed by atoms with Crippen LogP contribution in [0.1, 0.15) is 36.2 Å². The maximum atomic E-state index is 10.9. The van der Waals surface area contributed by atoms with E-state index in [9.17, 15) is 4.79 Å². The zero-order valence-electron chi connectivity index (χ0n) is 10.6. The van der Waals surface area contributed by atoms with Crippen LogP contribution < -0.4 is 5.32 Å². The predicted octanol–water partition coefficient (Wildman–Crippen LogP) is 1.55. The largest absolute Gasteiger partial charge is 0.477 e. The molecule has 6 nitrogen and oxygen atoms in total. The summed E-state index contributed by atoms with van der Waals surface area (Å²) in [6.45, 7) is 1.52. The number of nitrogens with one attached hydrogen (secondary N) is 1. The van der Waals surface area contributed by atoms with Crippen LogP contribution in [0.25, 0.3) is 0 Å².